The summed E-state index contributed by atoms with van der Waals surface area (Å²) in [6.07, 6.45) is 0.974. The summed E-state index contributed by atoms with van der Waals surface area (Å²) in [5.74, 6) is 0. The average molecular weight is 282 g/mol. The molecule has 1 aromatic heterocycles. The highest BCUT2D eigenvalue weighted by atomic mass is 79.9. The Morgan fingerprint density at radius 3 is 2.73 bits per heavy atom. The summed E-state index contributed by atoms with van der Waals surface area (Å²) in [5, 5.41) is 4.24. The average Bonchev–Trinajstić information content (AvgIpc) is 2.65. The molecule has 0 fully saturated rings. The maximum absolute atomic E-state index is 5.88. The van der Waals surface area contributed by atoms with Crippen molar-refractivity contribution in [2.45, 2.75) is 13.3 Å². The van der Waals surface area contributed by atoms with E-state index in [0.717, 1.165) is 16.6 Å². The van der Waals surface area contributed by atoms with Crippen LogP contribution in [0.2, 0.25) is 0 Å². The molecule has 15 heavy (non-hydrogen) atoms. The van der Waals surface area contributed by atoms with Gasteiger partial charge in [-0.2, -0.15) is 11.3 Å². The summed E-state index contributed by atoms with van der Waals surface area (Å²) < 4.78 is 1.15. The Labute approximate surface area is 102 Å². The third-order valence-electron chi connectivity index (χ3n) is 2.45. The predicted octanol–water partition coefficient (Wildman–Crippen LogP) is 4.32. The fraction of sp³-hybridized carbons (Fsp3) is 0.167. The molecule has 0 radical (unpaired) electrons. The van der Waals surface area contributed by atoms with Crippen LogP contribution in [0.15, 0.2) is 33.4 Å². The molecule has 2 N–H and O–H groups in total. The van der Waals surface area contributed by atoms with Crippen molar-refractivity contribution >= 4 is 33.0 Å². The second-order valence-corrected chi connectivity index (χ2v) is 5.00. The van der Waals surface area contributed by atoms with Crippen molar-refractivity contribution in [2.75, 3.05) is 5.73 Å². The number of benzene rings is 1. The van der Waals surface area contributed by atoms with Crippen LogP contribution < -0.4 is 5.73 Å². The summed E-state index contributed by atoms with van der Waals surface area (Å²) in [6.45, 7) is 2.12. The summed E-state index contributed by atoms with van der Waals surface area (Å²) in [6, 6.07) is 6.22. The van der Waals surface area contributed by atoms with Crippen molar-refractivity contribution in [3.8, 4) is 11.1 Å². The molecule has 3 heteroatoms. The quantitative estimate of drug-likeness (QED) is 0.815. The second kappa shape index (κ2) is 4.37. The minimum atomic E-state index is 0.882. The monoisotopic (exact) mass is 281 g/mol. The van der Waals surface area contributed by atoms with Crippen molar-refractivity contribution in [3.05, 3.63) is 39.0 Å². The van der Waals surface area contributed by atoms with Gasteiger partial charge in [0.1, 0.15) is 0 Å². The lowest BCUT2D eigenvalue weighted by atomic mass is 10.0. The van der Waals surface area contributed by atoms with E-state index in [0.29, 0.717) is 0 Å². The minimum Gasteiger partial charge on any atom is -0.399 e. The van der Waals surface area contributed by atoms with Crippen molar-refractivity contribution in [1.82, 2.24) is 0 Å². The summed E-state index contributed by atoms with van der Waals surface area (Å²) in [5.41, 5.74) is 10.5. The maximum Gasteiger partial charge on any atom is 0.0360 e. The smallest absolute Gasteiger partial charge is 0.0360 e. The summed E-state index contributed by atoms with van der Waals surface area (Å²) in [7, 11) is 0. The first-order valence-corrected chi connectivity index (χ1v) is 6.56. The first kappa shape index (κ1) is 10.7. The molecule has 1 heterocycles. The number of nitrogens with two attached hydrogens (primary N) is 1. The van der Waals surface area contributed by atoms with Crippen LogP contribution >= 0.6 is 27.3 Å². The van der Waals surface area contributed by atoms with Gasteiger partial charge in [-0.15, -0.1) is 0 Å². The standard InChI is InChI=1S/C12H12BrNS/c1-2-8-5-9(3-4-12(8)14)10-6-15-7-11(10)13/h3-7H,2,14H2,1H3. The summed E-state index contributed by atoms with van der Waals surface area (Å²) in [4.78, 5) is 0. The van der Waals surface area contributed by atoms with E-state index in [9.17, 15) is 0 Å². The molecule has 0 aliphatic carbocycles. The number of aryl methyl sites for hydroxylation is 1. The Kier molecular flexibility index (Phi) is 3.12. The van der Waals surface area contributed by atoms with Crippen LogP contribution in [0.25, 0.3) is 11.1 Å². The molecular formula is C12H12BrNS. The fourth-order valence-electron chi connectivity index (χ4n) is 1.57. The van der Waals surface area contributed by atoms with Gasteiger partial charge in [0, 0.05) is 21.1 Å². The Hall–Kier alpha value is -0.800. The van der Waals surface area contributed by atoms with Gasteiger partial charge in [-0.25, -0.2) is 0 Å². The molecular weight excluding hydrogens is 270 g/mol. The van der Waals surface area contributed by atoms with Gasteiger partial charge in [0.25, 0.3) is 0 Å². The minimum absolute atomic E-state index is 0.882. The lowest BCUT2D eigenvalue weighted by Crippen LogP contribution is -1.92. The molecule has 0 spiro atoms. The largest absolute Gasteiger partial charge is 0.399 e. The highest BCUT2D eigenvalue weighted by molar-refractivity contribution is 9.10. The number of nitrogen functional groups attached to an aromatic ring is 1. The maximum atomic E-state index is 5.88. The van der Waals surface area contributed by atoms with E-state index in [2.05, 4.69) is 45.7 Å². The molecule has 1 nitrogen and oxygen atoms in total. The van der Waals surface area contributed by atoms with Gasteiger partial charge in [0.2, 0.25) is 0 Å². The highest BCUT2D eigenvalue weighted by Gasteiger charge is 2.05. The van der Waals surface area contributed by atoms with Crippen LogP contribution in [0.4, 0.5) is 5.69 Å². The lowest BCUT2D eigenvalue weighted by Gasteiger charge is -2.06. The van der Waals surface area contributed by atoms with Gasteiger partial charge >= 0.3 is 0 Å². The Bertz CT molecular complexity index is 476. The van der Waals surface area contributed by atoms with Crippen LogP contribution in [0.3, 0.4) is 0 Å². The molecule has 0 aliphatic heterocycles. The van der Waals surface area contributed by atoms with Gasteiger partial charge in [-0.3, -0.25) is 0 Å². The van der Waals surface area contributed by atoms with E-state index in [1.54, 1.807) is 11.3 Å². The predicted molar refractivity (Wildman–Crippen MR) is 71.2 cm³/mol. The van der Waals surface area contributed by atoms with Crippen LogP contribution in [-0.2, 0) is 6.42 Å². The van der Waals surface area contributed by atoms with Gasteiger partial charge in [-0.1, -0.05) is 13.0 Å². The number of hydrogen-bond donors (Lipinski definition) is 1. The Morgan fingerprint density at radius 1 is 1.33 bits per heavy atom. The molecule has 78 valence electrons. The van der Waals surface area contributed by atoms with Gasteiger partial charge < -0.3 is 5.73 Å². The number of anilines is 1. The SMILES string of the molecule is CCc1cc(-c2cscc2Br)ccc1N. The molecule has 0 amide bonds. The Morgan fingerprint density at radius 2 is 2.13 bits per heavy atom. The van der Waals surface area contributed by atoms with Gasteiger partial charge in [-0.05, 0) is 51.0 Å². The van der Waals surface area contributed by atoms with Crippen LogP contribution in [0, 0.1) is 0 Å². The Balaban J connectivity index is 2.51. The number of hydrogen-bond acceptors (Lipinski definition) is 2. The van der Waals surface area contributed by atoms with Crippen molar-refractivity contribution in [1.29, 1.82) is 0 Å². The molecule has 2 rings (SSSR count). The van der Waals surface area contributed by atoms with Crippen molar-refractivity contribution < 1.29 is 0 Å². The summed E-state index contributed by atoms with van der Waals surface area (Å²) >= 11 is 5.25. The highest BCUT2D eigenvalue weighted by Crippen LogP contribution is 2.33. The normalized spacial score (nSPS) is 10.5. The zero-order valence-electron chi connectivity index (χ0n) is 8.46. The van der Waals surface area contributed by atoms with Gasteiger partial charge in [0.15, 0.2) is 0 Å². The van der Waals surface area contributed by atoms with Crippen LogP contribution in [0.1, 0.15) is 12.5 Å². The molecule has 0 saturated heterocycles. The zero-order valence-corrected chi connectivity index (χ0v) is 10.9. The van der Waals surface area contributed by atoms with E-state index in [4.69, 9.17) is 5.73 Å². The van der Waals surface area contributed by atoms with E-state index in [1.807, 2.05) is 6.07 Å². The lowest BCUT2D eigenvalue weighted by molar-refractivity contribution is 1.15. The third kappa shape index (κ3) is 2.08. The van der Waals surface area contributed by atoms with Crippen molar-refractivity contribution in [2.24, 2.45) is 0 Å². The molecule has 0 bridgehead atoms. The molecule has 0 saturated carbocycles. The zero-order chi connectivity index (χ0) is 10.8. The molecule has 1 aromatic carbocycles. The fourth-order valence-corrected chi connectivity index (χ4v) is 3.10. The first-order valence-electron chi connectivity index (χ1n) is 4.83. The van der Waals surface area contributed by atoms with Crippen LogP contribution in [0.5, 0.6) is 0 Å². The third-order valence-corrected chi connectivity index (χ3v) is 4.15. The second-order valence-electron chi connectivity index (χ2n) is 3.40. The van der Waals surface area contributed by atoms with Gasteiger partial charge in [0.05, 0.1) is 0 Å². The van der Waals surface area contributed by atoms with Crippen molar-refractivity contribution in [3.63, 3.8) is 0 Å². The van der Waals surface area contributed by atoms with E-state index in [1.165, 1.54) is 16.7 Å². The number of thiophene rings is 1. The number of halogens is 1. The molecule has 0 unspecified atom stereocenters. The topological polar surface area (TPSA) is 26.0 Å². The molecule has 0 atom stereocenters. The van der Waals surface area contributed by atoms with E-state index in [-0.39, 0.29) is 0 Å². The van der Waals surface area contributed by atoms with E-state index >= 15 is 0 Å². The van der Waals surface area contributed by atoms with Crippen LogP contribution in [-0.4, -0.2) is 0 Å². The van der Waals surface area contributed by atoms with E-state index < -0.39 is 0 Å². The number of rotatable bonds is 2. The molecule has 2 aromatic rings. The first-order chi connectivity index (χ1) is 7.22. The molecule has 0 aliphatic rings.